The van der Waals surface area contributed by atoms with Crippen LogP contribution in [0.15, 0.2) is 77.7 Å². The molecule has 0 aliphatic carbocycles. The third kappa shape index (κ3) is 4.61. The number of nitrogen functional groups attached to an aromatic ring is 1. The minimum absolute atomic E-state index is 0.0601. The number of ketones is 1. The van der Waals surface area contributed by atoms with Gasteiger partial charge in [-0.3, -0.25) is 4.79 Å². The maximum atomic E-state index is 13.1. The van der Waals surface area contributed by atoms with Crippen LogP contribution in [-0.4, -0.2) is 11.0 Å². The van der Waals surface area contributed by atoms with Crippen molar-refractivity contribution in [3.05, 3.63) is 94.0 Å². The number of benzene rings is 3. The van der Waals surface area contributed by atoms with Crippen molar-refractivity contribution in [1.29, 1.82) is 0 Å². The molecule has 0 amide bonds. The Bertz CT molecular complexity index is 915. The first kappa shape index (κ1) is 18.8. The third-order valence-corrected chi connectivity index (χ3v) is 5.97. The number of Topliss-reactive ketones (excluding diaryl/α,β-unsaturated/α-hetero) is 1. The number of thioether (sulfide) groups is 1. The summed E-state index contributed by atoms with van der Waals surface area (Å²) in [5.74, 6) is 0.0601. The molecule has 5 heteroatoms. The zero-order chi connectivity index (χ0) is 18.5. The molecule has 0 aromatic heterocycles. The first-order chi connectivity index (χ1) is 12.5. The van der Waals surface area contributed by atoms with E-state index in [1.807, 2.05) is 66.7 Å². The smallest absolute Gasteiger partial charge is 0.176 e. The van der Waals surface area contributed by atoms with Gasteiger partial charge in [-0.1, -0.05) is 71.7 Å². The average molecular weight is 402 g/mol. The van der Waals surface area contributed by atoms with Crippen LogP contribution in [0.25, 0.3) is 0 Å². The van der Waals surface area contributed by atoms with Crippen LogP contribution in [0, 0.1) is 0 Å². The van der Waals surface area contributed by atoms with Crippen molar-refractivity contribution in [3.63, 3.8) is 0 Å². The molecule has 3 aromatic rings. The minimum Gasteiger partial charge on any atom is -0.398 e. The SMILES string of the molecule is Nc1ccccc1SC(Cc1ccc(Cl)c(Cl)c1)C(=O)c1ccccc1. The molecule has 0 aliphatic rings. The second-order valence-corrected chi connectivity index (χ2v) is 7.89. The molecule has 0 bridgehead atoms. The molecule has 3 rings (SSSR count). The number of rotatable bonds is 6. The van der Waals surface area contributed by atoms with E-state index in [1.54, 1.807) is 6.07 Å². The van der Waals surface area contributed by atoms with Crippen molar-refractivity contribution < 1.29 is 4.79 Å². The first-order valence-corrected chi connectivity index (χ1v) is 9.72. The van der Waals surface area contributed by atoms with Gasteiger partial charge in [0.15, 0.2) is 5.78 Å². The Morgan fingerprint density at radius 2 is 1.62 bits per heavy atom. The second-order valence-electron chi connectivity index (χ2n) is 5.83. The summed E-state index contributed by atoms with van der Waals surface area (Å²) in [6.45, 7) is 0. The van der Waals surface area contributed by atoms with Crippen LogP contribution in [0.2, 0.25) is 10.0 Å². The quantitative estimate of drug-likeness (QED) is 0.305. The van der Waals surface area contributed by atoms with E-state index in [9.17, 15) is 4.79 Å². The minimum atomic E-state index is -0.320. The van der Waals surface area contributed by atoms with Crippen LogP contribution < -0.4 is 5.73 Å². The van der Waals surface area contributed by atoms with E-state index in [2.05, 4.69) is 0 Å². The molecular weight excluding hydrogens is 385 g/mol. The topological polar surface area (TPSA) is 43.1 Å². The highest BCUT2D eigenvalue weighted by Gasteiger charge is 2.23. The summed E-state index contributed by atoms with van der Waals surface area (Å²) in [6, 6.07) is 22.3. The second kappa shape index (κ2) is 8.63. The number of carbonyl (C=O) groups is 1. The summed E-state index contributed by atoms with van der Waals surface area (Å²) in [4.78, 5) is 14.0. The number of hydrogen-bond donors (Lipinski definition) is 1. The van der Waals surface area contributed by atoms with Crippen LogP contribution in [0.3, 0.4) is 0 Å². The molecule has 0 aliphatic heterocycles. The zero-order valence-corrected chi connectivity index (χ0v) is 16.2. The van der Waals surface area contributed by atoms with Crippen molar-refractivity contribution in [3.8, 4) is 0 Å². The van der Waals surface area contributed by atoms with Crippen LogP contribution in [-0.2, 0) is 6.42 Å². The van der Waals surface area contributed by atoms with E-state index in [4.69, 9.17) is 28.9 Å². The molecule has 0 spiro atoms. The van der Waals surface area contributed by atoms with E-state index in [1.165, 1.54) is 11.8 Å². The number of anilines is 1. The Balaban J connectivity index is 1.91. The first-order valence-electron chi connectivity index (χ1n) is 8.09. The molecule has 132 valence electrons. The normalized spacial score (nSPS) is 11.9. The Morgan fingerprint density at radius 3 is 2.31 bits per heavy atom. The Morgan fingerprint density at radius 1 is 0.923 bits per heavy atom. The molecule has 0 saturated carbocycles. The molecule has 1 atom stereocenters. The van der Waals surface area contributed by atoms with Gasteiger partial charge in [-0.25, -0.2) is 0 Å². The maximum absolute atomic E-state index is 13.1. The monoisotopic (exact) mass is 401 g/mol. The summed E-state index contributed by atoms with van der Waals surface area (Å²) >= 11 is 13.6. The summed E-state index contributed by atoms with van der Waals surface area (Å²) in [5, 5.41) is 0.667. The maximum Gasteiger partial charge on any atom is 0.176 e. The van der Waals surface area contributed by atoms with Gasteiger partial charge in [0.2, 0.25) is 0 Å². The van der Waals surface area contributed by atoms with Gasteiger partial charge >= 0.3 is 0 Å². The lowest BCUT2D eigenvalue weighted by molar-refractivity contribution is 0.0989. The van der Waals surface area contributed by atoms with Gasteiger partial charge in [0.25, 0.3) is 0 Å². The molecule has 2 nitrogen and oxygen atoms in total. The number of nitrogens with two attached hydrogens (primary N) is 1. The largest absolute Gasteiger partial charge is 0.398 e. The molecule has 0 heterocycles. The van der Waals surface area contributed by atoms with Gasteiger partial charge < -0.3 is 5.73 Å². The van der Waals surface area contributed by atoms with Crippen LogP contribution in [0.5, 0.6) is 0 Å². The van der Waals surface area contributed by atoms with E-state index in [-0.39, 0.29) is 11.0 Å². The van der Waals surface area contributed by atoms with Crippen molar-refractivity contribution in [2.45, 2.75) is 16.6 Å². The molecule has 26 heavy (non-hydrogen) atoms. The van der Waals surface area contributed by atoms with Crippen molar-refractivity contribution in [2.24, 2.45) is 0 Å². The fourth-order valence-electron chi connectivity index (χ4n) is 2.60. The van der Waals surface area contributed by atoms with E-state index < -0.39 is 0 Å². The summed E-state index contributed by atoms with van der Waals surface area (Å²) < 4.78 is 0. The van der Waals surface area contributed by atoms with Crippen molar-refractivity contribution in [2.75, 3.05) is 5.73 Å². The van der Waals surface area contributed by atoms with Gasteiger partial charge in [-0.15, -0.1) is 11.8 Å². The lowest BCUT2D eigenvalue weighted by Gasteiger charge is -2.17. The molecular formula is C21H17Cl2NOS. The van der Waals surface area contributed by atoms with E-state index in [0.29, 0.717) is 27.7 Å². The molecule has 0 saturated heterocycles. The molecule has 1 unspecified atom stereocenters. The number of halogens is 2. The fourth-order valence-corrected chi connectivity index (χ4v) is 4.11. The van der Waals surface area contributed by atoms with E-state index in [0.717, 1.165) is 10.5 Å². The molecule has 2 N–H and O–H groups in total. The Labute approximate surface area is 167 Å². The van der Waals surface area contributed by atoms with Crippen molar-refractivity contribution in [1.82, 2.24) is 0 Å². The highest BCUT2D eigenvalue weighted by molar-refractivity contribution is 8.00. The highest BCUT2D eigenvalue weighted by Crippen LogP contribution is 2.33. The molecule has 0 radical (unpaired) electrons. The lowest BCUT2D eigenvalue weighted by atomic mass is 10.0. The fraction of sp³-hybridized carbons (Fsp3) is 0.0952. The summed E-state index contributed by atoms with van der Waals surface area (Å²) in [7, 11) is 0. The van der Waals surface area contributed by atoms with Gasteiger partial charge in [0, 0.05) is 16.1 Å². The van der Waals surface area contributed by atoms with Gasteiger partial charge in [0.1, 0.15) is 0 Å². The van der Waals surface area contributed by atoms with Crippen molar-refractivity contribution >= 4 is 46.4 Å². The van der Waals surface area contributed by atoms with Crippen LogP contribution in [0.1, 0.15) is 15.9 Å². The lowest BCUT2D eigenvalue weighted by Crippen LogP contribution is -2.20. The average Bonchev–Trinajstić information content (AvgIpc) is 2.66. The molecule has 3 aromatic carbocycles. The van der Waals surface area contributed by atoms with E-state index >= 15 is 0 Å². The highest BCUT2D eigenvalue weighted by atomic mass is 35.5. The Kier molecular flexibility index (Phi) is 6.25. The third-order valence-electron chi connectivity index (χ3n) is 3.94. The molecule has 0 fully saturated rings. The van der Waals surface area contributed by atoms with Gasteiger partial charge in [-0.05, 0) is 36.2 Å². The van der Waals surface area contributed by atoms with Gasteiger partial charge in [-0.2, -0.15) is 0 Å². The van der Waals surface area contributed by atoms with Crippen LogP contribution in [0.4, 0.5) is 5.69 Å². The standard InChI is InChI=1S/C21H17Cl2NOS/c22-16-11-10-14(12-17(16)23)13-20(21(25)15-6-2-1-3-7-15)26-19-9-5-4-8-18(19)24/h1-12,20H,13,24H2. The summed E-state index contributed by atoms with van der Waals surface area (Å²) in [5.41, 5.74) is 8.37. The summed E-state index contributed by atoms with van der Waals surface area (Å²) in [6.07, 6.45) is 0.531. The zero-order valence-electron chi connectivity index (χ0n) is 13.9. The predicted molar refractivity (Wildman–Crippen MR) is 111 cm³/mol. The Hall–Kier alpha value is -1.94. The van der Waals surface area contributed by atoms with Gasteiger partial charge in [0.05, 0.1) is 15.3 Å². The predicted octanol–water partition coefficient (Wildman–Crippen LogP) is 6.16. The van der Waals surface area contributed by atoms with Crippen LogP contribution >= 0.6 is 35.0 Å². The number of para-hydroxylation sites is 1. The number of hydrogen-bond acceptors (Lipinski definition) is 3. The number of carbonyl (C=O) groups excluding carboxylic acids is 1.